The van der Waals surface area contributed by atoms with Gasteiger partial charge in [0.1, 0.15) is 11.3 Å². The van der Waals surface area contributed by atoms with Crippen molar-refractivity contribution in [3.05, 3.63) is 33.7 Å². The van der Waals surface area contributed by atoms with Crippen LogP contribution in [0.1, 0.15) is 48.9 Å². The molecule has 0 fully saturated rings. The van der Waals surface area contributed by atoms with Gasteiger partial charge in [0.2, 0.25) is 0 Å². The van der Waals surface area contributed by atoms with Gasteiger partial charge in [0, 0.05) is 17.2 Å². The van der Waals surface area contributed by atoms with Crippen molar-refractivity contribution in [1.82, 2.24) is 19.6 Å². The van der Waals surface area contributed by atoms with Crippen molar-refractivity contribution in [3.8, 4) is 0 Å². The van der Waals surface area contributed by atoms with Crippen molar-refractivity contribution in [3.63, 3.8) is 0 Å². The Labute approximate surface area is 152 Å². The minimum absolute atomic E-state index is 0.0450. The molecule has 0 unspecified atom stereocenters. The molecule has 1 amide bonds. The van der Waals surface area contributed by atoms with E-state index in [9.17, 15) is 4.79 Å². The van der Waals surface area contributed by atoms with Crippen molar-refractivity contribution < 1.29 is 4.79 Å². The Kier molecular flexibility index (Phi) is 6.80. The van der Waals surface area contributed by atoms with Crippen LogP contribution >= 0.6 is 15.9 Å². The van der Waals surface area contributed by atoms with Gasteiger partial charge < -0.3 is 10.2 Å². The van der Waals surface area contributed by atoms with Crippen LogP contribution in [0.5, 0.6) is 0 Å². The molecule has 2 aromatic rings. The van der Waals surface area contributed by atoms with Crippen molar-refractivity contribution in [2.75, 3.05) is 26.2 Å². The summed E-state index contributed by atoms with van der Waals surface area (Å²) in [6.07, 6.45) is 3.61. The van der Waals surface area contributed by atoms with Crippen molar-refractivity contribution >= 4 is 27.5 Å². The lowest BCUT2D eigenvalue weighted by molar-refractivity contribution is 0.0945. The average Bonchev–Trinajstić information content (AvgIpc) is 2.93. The molecule has 0 aliphatic rings. The Balaban J connectivity index is 2.14. The summed E-state index contributed by atoms with van der Waals surface area (Å²) in [4.78, 5) is 19.7. The molecule has 0 saturated carbocycles. The fourth-order valence-corrected chi connectivity index (χ4v) is 3.48. The molecule has 0 atom stereocenters. The van der Waals surface area contributed by atoms with E-state index in [1.807, 2.05) is 30.5 Å². The van der Waals surface area contributed by atoms with E-state index in [0.717, 1.165) is 53.9 Å². The summed E-state index contributed by atoms with van der Waals surface area (Å²) >= 11 is 3.51. The van der Waals surface area contributed by atoms with Gasteiger partial charge in [0.05, 0.1) is 5.69 Å². The third kappa shape index (κ3) is 4.16. The molecule has 2 heterocycles. The number of halogens is 1. The van der Waals surface area contributed by atoms with Crippen molar-refractivity contribution in [1.29, 1.82) is 0 Å². The van der Waals surface area contributed by atoms with Gasteiger partial charge in [-0.2, -0.15) is 0 Å². The van der Waals surface area contributed by atoms with Crippen LogP contribution in [0.2, 0.25) is 0 Å². The average molecular weight is 395 g/mol. The summed E-state index contributed by atoms with van der Waals surface area (Å²) in [6.45, 7) is 12.1. The highest BCUT2D eigenvalue weighted by Crippen LogP contribution is 2.21. The lowest BCUT2D eigenvalue weighted by Gasteiger charge is -2.17. The smallest absolute Gasteiger partial charge is 0.270 e. The first-order chi connectivity index (χ1) is 11.5. The number of rotatable bonds is 8. The van der Waals surface area contributed by atoms with Crippen LogP contribution in [0.15, 0.2) is 16.7 Å². The molecule has 0 radical (unpaired) electrons. The first-order valence-electron chi connectivity index (χ1n) is 8.69. The third-order valence-corrected chi connectivity index (χ3v) is 4.76. The fraction of sp³-hybridized carbons (Fsp3) is 0.556. The second-order valence-electron chi connectivity index (χ2n) is 5.93. The van der Waals surface area contributed by atoms with Crippen LogP contribution in [0.25, 0.3) is 5.65 Å². The zero-order valence-electron chi connectivity index (χ0n) is 15.0. The SMILES string of the molecule is CCc1nc2c(C)cc(Br)cn2c1C(=O)NCCCN(CC)CC. The Bertz CT molecular complexity index is 707. The summed E-state index contributed by atoms with van der Waals surface area (Å²) in [6, 6.07) is 2.02. The molecule has 1 N–H and O–H groups in total. The van der Waals surface area contributed by atoms with Gasteiger partial charge in [-0.15, -0.1) is 0 Å². The molecular weight excluding hydrogens is 368 g/mol. The molecule has 6 heteroatoms. The maximum absolute atomic E-state index is 12.7. The lowest BCUT2D eigenvalue weighted by atomic mass is 10.2. The van der Waals surface area contributed by atoms with Crippen LogP contribution in [-0.2, 0) is 6.42 Å². The van der Waals surface area contributed by atoms with Crippen molar-refractivity contribution in [2.45, 2.75) is 40.5 Å². The number of carbonyl (C=O) groups excluding carboxylic acids is 1. The Morgan fingerprint density at radius 1 is 1.33 bits per heavy atom. The van der Waals surface area contributed by atoms with E-state index in [4.69, 9.17) is 0 Å². The topological polar surface area (TPSA) is 49.6 Å². The summed E-state index contributed by atoms with van der Waals surface area (Å²) in [5.74, 6) is -0.0450. The lowest BCUT2D eigenvalue weighted by Crippen LogP contribution is -2.30. The zero-order chi connectivity index (χ0) is 17.7. The predicted molar refractivity (Wildman–Crippen MR) is 102 cm³/mol. The number of fused-ring (bicyclic) bond motifs is 1. The van der Waals surface area contributed by atoms with Gasteiger partial charge in [0.25, 0.3) is 5.91 Å². The minimum atomic E-state index is -0.0450. The number of nitrogens with one attached hydrogen (secondary N) is 1. The van der Waals surface area contributed by atoms with E-state index in [0.29, 0.717) is 12.2 Å². The normalized spacial score (nSPS) is 11.4. The van der Waals surface area contributed by atoms with Crippen LogP contribution in [0, 0.1) is 6.92 Å². The van der Waals surface area contributed by atoms with Crippen LogP contribution in [-0.4, -0.2) is 46.4 Å². The van der Waals surface area contributed by atoms with Gasteiger partial charge in [-0.05, 0) is 67.0 Å². The van der Waals surface area contributed by atoms with E-state index in [1.54, 1.807) is 0 Å². The molecule has 24 heavy (non-hydrogen) atoms. The van der Waals surface area contributed by atoms with E-state index in [-0.39, 0.29) is 5.91 Å². The molecule has 0 spiro atoms. The number of pyridine rings is 1. The summed E-state index contributed by atoms with van der Waals surface area (Å²) in [7, 11) is 0. The maximum atomic E-state index is 12.7. The van der Waals surface area contributed by atoms with Gasteiger partial charge in [-0.3, -0.25) is 9.20 Å². The molecule has 2 aromatic heterocycles. The van der Waals surface area contributed by atoms with Gasteiger partial charge in [-0.25, -0.2) is 4.98 Å². The molecule has 5 nitrogen and oxygen atoms in total. The second kappa shape index (κ2) is 8.62. The summed E-state index contributed by atoms with van der Waals surface area (Å²) in [5.41, 5.74) is 3.40. The number of imidazole rings is 1. The number of aromatic nitrogens is 2. The van der Waals surface area contributed by atoms with Gasteiger partial charge >= 0.3 is 0 Å². The Morgan fingerprint density at radius 2 is 2.04 bits per heavy atom. The second-order valence-corrected chi connectivity index (χ2v) is 6.85. The van der Waals surface area contributed by atoms with E-state index in [2.05, 4.69) is 45.0 Å². The van der Waals surface area contributed by atoms with E-state index < -0.39 is 0 Å². The molecule has 0 aliphatic carbocycles. The molecule has 0 aromatic carbocycles. The molecule has 0 saturated heterocycles. The van der Waals surface area contributed by atoms with E-state index >= 15 is 0 Å². The van der Waals surface area contributed by atoms with Crippen LogP contribution < -0.4 is 5.32 Å². The number of amides is 1. The number of carbonyl (C=O) groups is 1. The third-order valence-electron chi connectivity index (χ3n) is 4.32. The quantitative estimate of drug-likeness (QED) is 0.697. The zero-order valence-corrected chi connectivity index (χ0v) is 16.6. The highest BCUT2D eigenvalue weighted by atomic mass is 79.9. The highest BCUT2D eigenvalue weighted by molar-refractivity contribution is 9.10. The number of hydrogen-bond acceptors (Lipinski definition) is 3. The first kappa shape index (κ1) is 18.9. The number of aryl methyl sites for hydroxylation is 2. The van der Waals surface area contributed by atoms with Gasteiger partial charge in [-0.1, -0.05) is 20.8 Å². The number of nitrogens with zero attached hydrogens (tertiary/aromatic N) is 3. The van der Waals surface area contributed by atoms with Crippen molar-refractivity contribution in [2.24, 2.45) is 0 Å². The van der Waals surface area contributed by atoms with E-state index in [1.165, 1.54) is 0 Å². The summed E-state index contributed by atoms with van der Waals surface area (Å²) in [5, 5.41) is 3.05. The predicted octanol–water partition coefficient (Wildman–Crippen LogP) is 3.43. The molecule has 2 rings (SSSR count). The standard InChI is InChI=1S/C18H27BrN4O/c1-5-15-16(18(24)20-9-8-10-22(6-2)7-3)23-12-14(19)11-13(4)17(23)21-15/h11-12H,5-10H2,1-4H3,(H,20,24). The van der Waals surface area contributed by atoms with Crippen LogP contribution in [0.4, 0.5) is 0 Å². The fourth-order valence-electron chi connectivity index (χ4n) is 2.93. The van der Waals surface area contributed by atoms with Gasteiger partial charge in [0.15, 0.2) is 0 Å². The monoisotopic (exact) mass is 394 g/mol. The summed E-state index contributed by atoms with van der Waals surface area (Å²) < 4.78 is 2.85. The Morgan fingerprint density at radius 3 is 2.67 bits per heavy atom. The first-order valence-corrected chi connectivity index (χ1v) is 9.48. The van der Waals surface area contributed by atoms with Crippen LogP contribution in [0.3, 0.4) is 0 Å². The molecule has 0 aliphatic heterocycles. The molecular formula is C18H27BrN4O. The minimum Gasteiger partial charge on any atom is -0.351 e. The molecule has 132 valence electrons. The Hall–Kier alpha value is -1.40. The highest BCUT2D eigenvalue weighted by Gasteiger charge is 2.19. The maximum Gasteiger partial charge on any atom is 0.270 e. The molecule has 0 bridgehead atoms. The number of hydrogen-bond donors (Lipinski definition) is 1. The largest absolute Gasteiger partial charge is 0.351 e.